The summed E-state index contributed by atoms with van der Waals surface area (Å²) in [5, 5.41) is 18.4. The average molecular weight is 287 g/mol. The molecular weight excluding hydrogens is 262 g/mol. The molecular formula is C14H25NO5. The number of carboxylic acids is 1. The zero-order valence-electron chi connectivity index (χ0n) is 12.5. The Labute approximate surface area is 119 Å². The smallest absolute Gasteiger partial charge is 0.410 e. The number of hydrogen-bond donors (Lipinski definition) is 2. The van der Waals surface area contributed by atoms with Crippen molar-refractivity contribution in [3.05, 3.63) is 0 Å². The number of rotatable bonds is 5. The van der Waals surface area contributed by atoms with Gasteiger partial charge in [0.15, 0.2) is 0 Å². The Morgan fingerprint density at radius 3 is 2.50 bits per heavy atom. The monoisotopic (exact) mass is 287 g/mol. The summed E-state index contributed by atoms with van der Waals surface area (Å²) >= 11 is 0. The lowest BCUT2D eigenvalue weighted by Gasteiger charge is -2.38. The van der Waals surface area contributed by atoms with Gasteiger partial charge in [0.25, 0.3) is 0 Å². The number of aliphatic carboxylic acids is 1. The van der Waals surface area contributed by atoms with Crippen molar-refractivity contribution in [1.82, 2.24) is 4.90 Å². The molecule has 0 aromatic heterocycles. The second kappa shape index (κ2) is 6.43. The lowest BCUT2D eigenvalue weighted by Crippen LogP contribution is -2.51. The van der Waals surface area contributed by atoms with Crippen molar-refractivity contribution < 1.29 is 24.5 Å². The van der Waals surface area contributed by atoms with Crippen LogP contribution in [0.2, 0.25) is 0 Å². The highest BCUT2D eigenvalue weighted by Gasteiger charge is 2.44. The van der Waals surface area contributed by atoms with E-state index in [9.17, 15) is 14.7 Å². The SMILES string of the molecule is CC(C)(C)OC(=O)N1CCCC1(CO)CCCC(=O)O. The molecule has 0 aromatic rings. The summed E-state index contributed by atoms with van der Waals surface area (Å²) in [4.78, 5) is 24.4. The lowest BCUT2D eigenvalue weighted by molar-refractivity contribution is -0.137. The van der Waals surface area contributed by atoms with Crippen molar-refractivity contribution >= 4 is 12.1 Å². The predicted molar refractivity (Wildman–Crippen MR) is 73.5 cm³/mol. The molecule has 116 valence electrons. The molecule has 6 nitrogen and oxygen atoms in total. The summed E-state index contributed by atoms with van der Waals surface area (Å²) in [6.45, 7) is 5.78. The van der Waals surface area contributed by atoms with E-state index in [0.29, 0.717) is 25.8 Å². The molecule has 1 atom stereocenters. The minimum atomic E-state index is -0.861. The Hall–Kier alpha value is -1.30. The van der Waals surface area contributed by atoms with Crippen LogP contribution in [0.15, 0.2) is 0 Å². The van der Waals surface area contributed by atoms with Gasteiger partial charge in [-0.05, 0) is 46.5 Å². The van der Waals surface area contributed by atoms with Crippen molar-refractivity contribution in [2.75, 3.05) is 13.2 Å². The van der Waals surface area contributed by atoms with E-state index in [1.54, 1.807) is 25.7 Å². The van der Waals surface area contributed by atoms with Crippen LogP contribution in [0, 0.1) is 0 Å². The predicted octanol–water partition coefficient (Wildman–Crippen LogP) is 2.00. The van der Waals surface area contributed by atoms with Gasteiger partial charge in [0.2, 0.25) is 0 Å². The van der Waals surface area contributed by atoms with E-state index in [-0.39, 0.29) is 13.0 Å². The lowest BCUT2D eigenvalue weighted by atomic mass is 9.90. The third-order valence-corrected chi connectivity index (χ3v) is 3.54. The molecule has 1 rings (SSSR count). The minimum Gasteiger partial charge on any atom is -0.481 e. The standard InChI is InChI=1S/C14H25NO5/c1-13(2,3)20-12(19)15-9-5-8-14(15,10-16)7-4-6-11(17)18/h16H,4-10H2,1-3H3,(H,17,18). The summed E-state index contributed by atoms with van der Waals surface area (Å²) in [5.41, 5.74) is -1.25. The van der Waals surface area contributed by atoms with E-state index in [1.807, 2.05) is 0 Å². The number of carbonyl (C=O) groups is 2. The highest BCUT2D eigenvalue weighted by molar-refractivity contribution is 5.70. The third kappa shape index (κ3) is 4.37. The first kappa shape index (κ1) is 16.8. The van der Waals surface area contributed by atoms with Gasteiger partial charge in [0.1, 0.15) is 5.60 Å². The zero-order valence-corrected chi connectivity index (χ0v) is 12.5. The second-order valence-electron chi connectivity index (χ2n) is 6.37. The summed E-state index contributed by atoms with van der Waals surface area (Å²) in [5.74, 6) is -0.861. The summed E-state index contributed by atoms with van der Waals surface area (Å²) in [6, 6.07) is 0. The fourth-order valence-electron chi connectivity index (χ4n) is 2.61. The number of amides is 1. The average Bonchev–Trinajstić information content (AvgIpc) is 2.71. The number of likely N-dealkylation sites (tertiary alicyclic amines) is 1. The van der Waals surface area contributed by atoms with Gasteiger partial charge in [-0.25, -0.2) is 4.79 Å². The van der Waals surface area contributed by atoms with Crippen molar-refractivity contribution in [2.45, 2.75) is 64.0 Å². The topological polar surface area (TPSA) is 87.1 Å². The summed E-state index contributed by atoms with van der Waals surface area (Å²) in [7, 11) is 0. The second-order valence-corrected chi connectivity index (χ2v) is 6.37. The first-order valence-electron chi connectivity index (χ1n) is 7.03. The molecule has 1 heterocycles. The van der Waals surface area contributed by atoms with Crippen molar-refractivity contribution in [1.29, 1.82) is 0 Å². The number of carbonyl (C=O) groups excluding carboxylic acids is 1. The van der Waals surface area contributed by atoms with Gasteiger partial charge in [-0.2, -0.15) is 0 Å². The normalized spacial score (nSPS) is 22.9. The summed E-state index contributed by atoms with van der Waals surface area (Å²) in [6.07, 6.45) is 2.02. The molecule has 1 saturated heterocycles. The number of ether oxygens (including phenoxy) is 1. The largest absolute Gasteiger partial charge is 0.481 e. The molecule has 20 heavy (non-hydrogen) atoms. The van der Waals surface area contributed by atoms with E-state index in [2.05, 4.69) is 0 Å². The van der Waals surface area contributed by atoms with Gasteiger partial charge in [0.05, 0.1) is 12.1 Å². The van der Waals surface area contributed by atoms with Crippen LogP contribution in [0.4, 0.5) is 4.79 Å². The molecule has 1 aliphatic rings. The molecule has 0 radical (unpaired) electrons. The van der Waals surface area contributed by atoms with Crippen LogP contribution >= 0.6 is 0 Å². The number of aliphatic hydroxyl groups excluding tert-OH is 1. The fraction of sp³-hybridized carbons (Fsp3) is 0.857. The first-order chi connectivity index (χ1) is 9.20. The van der Waals surface area contributed by atoms with Crippen LogP contribution < -0.4 is 0 Å². The van der Waals surface area contributed by atoms with E-state index in [0.717, 1.165) is 6.42 Å². The van der Waals surface area contributed by atoms with Crippen LogP contribution in [0.5, 0.6) is 0 Å². The maximum Gasteiger partial charge on any atom is 0.410 e. The summed E-state index contributed by atoms with van der Waals surface area (Å²) < 4.78 is 5.37. The van der Waals surface area contributed by atoms with Gasteiger partial charge in [-0.3, -0.25) is 4.79 Å². The molecule has 0 saturated carbocycles. The maximum atomic E-state index is 12.2. The molecule has 1 unspecified atom stereocenters. The highest BCUT2D eigenvalue weighted by Crippen LogP contribution is 2.34. The zero-order chi connectivity index (χ0) is 15.4. The molecule has 6 heteroatoms. The van der Waals surface area contributed by atoms with Gasteiger partial charge >= 0.3 is 12.1 Å². The maximum absolute atomic E-state index is 12.2. The van der Waals surface area contributed by atoms with Crippen LogP contribution in [0.3, 0.4) is 0 Å². The van der Waals surface area contributed by atoms with Crippen molar-refractivity contribution in [3.63, 3.8) is 0 Å². The molecule has 0 spiro atoms. The van der Waals surface area contributed by atoms with E-state index < -0.39 is 23.2 Å². The molecule has 1 amide bonds. The van der Waals surface area contributed by atoms with Gasteiger partial charge in [0, 0.05) is 13.0 Å². The van der Waals surface area contributed by atoms with Crippen LogP contribution in [-0.4, -0.2) is 51.5 Å². The highest BCUT2D eigenvalue weighted by atomic mass is 16.6. The first-order valence-corrected chi connectivity index (χ1v) is 7.03. The third-order valence-electron chi connectivity index (χ3n) is 3.54. The van der Waals surface area contributed by atoms with Crippen LogP contribution in [0.25, 0.3) is 0 Å². The Bertz CT molecular complexity index is 363. The molecule has 0 aliphatic carbocycles. The van der Waals surface area contributed by atoms with E-state index in [1.165, 1.54) is 0 Å². The van der Waals surface area contributed by atoms with Gasteiger partial charge in [-0.1, -0.05) is 0 Å². The minimum absolute atomic E-state index is 0.0455. The van der Waals surface area contributed by atoms with E-state index in [4.69, 9.17) is 9.84 Å². The number of carboxylic acid groups (broad SMARTS) is 1. The van der Waals surface area contributed by atoms with Crippen LogP contribution in [-0.2, 0) is 9.53 Å². The Morgan fingerprint density at radius 1 is 1.35 bits per heavy atom. The molecule has 0 aromatic carbocycles. The van der Waals surface area contributed by atoms with Gasteiger partial charge in [-0.15, -0.1) is 0 Å². The number of hydrogen-bond acceptors (Lipinski definition) is 4. The molecule has 0 bridgehead atoms. The van der Waals surface area contributed by atoms with Crippen molar-refractivity contribution in [2.24, 2.45) is 0 Å². The fourth-order valence-corrected chi connectivity index (χ4v) is 2.61. The molecule has 2 N–H and O–H groups in total. The molecule has 1 aliphatic heterocycles. The Balaban J connectivity index is 2.72. The van der Waals surface area contributed by atoms with Crippen LogP contribution in [0.1, 0.15) is 52.9 Å². The molecule has 1 fully saturated rings. The van der Waals surface area contributed by atoms with E-state index >= 15 is 0 Å². The quantitative estimate of drug-likeness (QED) is 0.807. The Kier molecular flexibility index (Phi) is 5.39. The van der Waals surface area contributed by atoms with Crippen molar-refractivity contribution in [3.8, 4) is 0 Å². The Morgan fingerprint density at radius 2 is 2.00 bits per heavy atom. The number of aliphatic hydroxyl groups is 1. The van der Waals surface area contributed by atoms with Gasteiger partial charge < -0.3 is 19.8 Å². The number of nitrogens with zero attached hydrogens (tertiary/aromatic N) is 1.